The van der Waals surface area contributed by atoms with E-state index in [1.54, 1.807) is 18.4 Å². The Kier molecular flexibility index (Phi) is 2.23. The molecule has 1 aliphatic rings. The molecule has 0 unspecified atom stereocenters. The van der Waals surface area contributed by atoms with Crippen LogP contribution in [0.5, 0.6) is 0 Å². The van der Waals surface area contributed by atoms with E-state index in [1.807, 2.05) is 4.90 Å². The van der Waals surface area contributed by atoms with Gasteiger partial charge in [0.1, 0.15) is 0 Å². The zero-order chi connectivity index (χ0) is 11.0. The van der Waals surface area contributed by atoms with Crippen LogP contribution >= 0.6 is 0 Å². The Balaban J connectivity index is 1.69. The third kappa shape index (κ3) is 1.72. The summed E-state index contributed by atoms with van der Waals surface area (Å²) in [6.45, 7) is 1.94. The summed E-state index contributed by atoms with van der Waals surface area (Å²) < 4.78 is 10.2. The number of likely N-dealkylation sites (tertiary alicyclic amines) is 1. The predicted octanol–water partition coefficient (Wildman–Crippen LogP) is 0.506. The van der Waals surface area contributed by atoms with Gasteiger partial charge in [-0.2, -0.15) is 4.98 Å². The second kappa shape index (κ2) is 3.73. The third-order valence-electron chi connectivity index (χ3n) is 2.50. The molecule has 0 aliphatic carbocycles. The Morgan fingerprint density at radius 3 is 3.06 bits per heavy atom. The number of hydrogen-bond acceptors (Lipinski definition) is 6. The van der Waals surface area contributed by atoms with Gasteiger partial charge in [-0.05, 0) is 12.1 Å². The summed E-state index contributed by atoms with van der Waals surface area (Å²) in [5, 5.41) is 13.0. The molecular formula is C10H11N3O3. The van der Waals surface area contributed by atoms with E-state index in [9.17, 15) is 0 Å². The van der Waals surface area contributed by atoms with Gasteiger partial charge in [-0.3, -0.25) is 4.90 Å². The minimum atomic E-state index is -0.212. The molecule has 0 bridgehead atoms. The lowest BCUT2D eigenvalue weighted by atomic mass is 10.2. The van der Waals surface area contributed by atoms with Gasteiger partial charge < -0.3 is 14.0 Å². The number of nitrogens with zero attached hydrogens (tertiary/aromatic N) is 3. The number of furan rings is 1. The van der Waals surface area contributed by atoms with E-state index in [0.717, 1.165) is 0 Å². The van der Waals surface area contributed by atoms with Gasteiger partial charge in [-0.15, -0.1) is 0 Å². The number of aliphatic hydroxyl groups is 1. The number of β-amino-alcohol motifs (C(OH)–C–C–N with tert-alkyl or cyclic N) is 1. The number of hydrogen-bond donors (Lipinski definition) is 1. The van der Waals surface area contributed by atoms with Gasteiger partial charge in [0.15, 0.2) is 11.6 Å². The van der Waals surface area contributed by atoms with E-state index in [2.05, 4.69) is 10.1 Å². The maximum absolute atomic E-state index is 9.13. The Bertz CT molecular complexity index is 459. The van der Waals surface area contributed by atoms with Crippen LogP contribution in [0.3, 0.4) is 0 Å². The molecule has 0 atom stereocenters. The van der Waals surface area contributed by atoms with Crippen LogP contribution in [-0.4, -0.2) is 39.3 Å². The second-order valence-electron chi connectivity index (χ2n) is 3.84. The fraction of sp³-hybridized carbons (Fsp3) is 0.400. The molecule has 0 amide bonds. The summed E-state index contributed by atoms with van der Waals surface area (Å²) in [5.74, 6) is 1.57. The fourth-order valence-electron chi connectivity index (χ4n) is 1.69. The summed E-state index contributed by atoms with van der Waals surface area (Å²) >= 11 is 0. The van der Waals surface area contributed by atoms with Crippen molar-refractivity contribution < 1.29 is 14.0 Å². The lowest BCUT2D eigenvalue weighted by Gasteiger charge is -2.34. The van der Waals surface area contributed by atoms with E-state index in [-0.39, 0.29) is 6.10 Å². The monoisotopic (exact) mass is 221 g/mol. The summed E-state index contributed by atoms with van der Waals surface area (Å²) in [6, 6.07) is 3.54. The molecule has 3 rings (SSSR count). The van der Waals surface area contributed by atoms with Crippen LogP contribution in [0, 0.1) is 0 Å². The van der Waals surface area contributed by atoms with Crippen LogP contribution in [0.15, 0.2) is 27.3 Å². The Morgan fingerprint density at radius 1 is 1.50 bits per heavy atom. The minimum Gasteiger partial charge on any atom is -0.459 e. The molecule has 0 aromatic carbocycles. The summed E-state index contributed by atoms with van der Waals surface area (Å²) in [7, 11) is 0. The van der Waals surface area contributed by atoms with Gasteiger partial charge in [0, 0.05) is 13.1 Å². The molecule has 1 aliphatic heterocycles. The fourth-order valence-corrected chi connectivity index (χ4v) is 1.69. The quantitative estimate of drug-likeness (QED) is 0.813. The van der Waals surface area contributed by atoms with Gasteiger partial charge in [-0.1, -0.05) is 5.16 Å². The van der Waals surface area contributed by atoms with Crippen molar-refractivity contribution in [2.24, 2.45) is 0 Å². The molecule has 2 aromatic rings. The third-order valence-corrected chi connectivity index (χ3v) is 2.50. The van der Waals surface area contributed by atoms with Crippen molar-refractivity contribution in [1.29, 1.82) is 0 Å². The van der Waals surface area contributed by atoms with E-state index >= 15 is 0 Å². The number of rotatable bonds is 3. The zero-order valence-corrected chi connectivity index (χ0v) is 8.54. The maximum atomic E-state index is 9.13. The van der Waals surface area contributed by atoms with Gasteiger partial charge in [0.05, 0.1) is 18.9 Å². The van der Waals surface area contributed by atoms with E-state index in [0.29, 0.717) is 37.1 Å². The SMILES string of the molecule is OC1CN(Cc2noc(-c3ccco3)n2)C1. The first kappa shape index (κ1) is 9.56. The molecule has 0 radical (unpaired) electrons. The second-order valence-corrected chi connectivity index (χ2v) is 3.84. The summed E-state index contributed by atoms with van der Waals surface area (Å²) in [5.41, 5.74) is 0. The van der Waals surface area contributed by atoms with E-state index in [1.165, 1.54) is 0 Å². The van der Waals surface area contributed by atoms with Crippen molar-refractivity contribution in [2.75, 3.05) is 13.1 Å². The molecule has 1 fully saturated rings. The number of aromatic nitrogens is 2. The maximum Gasteiger partial charge on any atom is 0.293 e. The first-order valence-corrected chi connectivity index (χ1v) is 5.08. The normalized spacial score (nSPS) is 17.6. The van der Waals surface area contributed by atoms with Crippen molar-refractivity contribution in [1.82, 2.24) is 15.0 Å². The van der Waals surface area contributed by atoms with Crippen LogP contribution in [0.4, 0.5) is 0 Å². The molecule has 0 saturated carbocycles. The molecule has 84 valence electrons. The molecule has 1 N–H and O–H groups in total. The van der Waals surface area contributed by atoms with E-state index in [4.69, 9.17) is 14.0 Å². The van der Waals surface area contributed by atoms with Crippen LogP contribution in [0.1, 0.15) is 5.82 Å². The van der Waals surface area contributed by atoms with Gasteiger partial charge in [-0.25, -0.2) is 0 Å². The highest BCUT2D eigenvalue weighted by atomic mass is 16.5. The van der Waals surface area contributed by atoms with Crippen LogP contribution in [0.25, 0.3) is 11.7 Å². The first-order valence-electron chi connectivity index (χ1n) is 5.08. The first-order chi connectivity index (χ1) is 7.81. The standard InChI is InChI=1S/C10H11N3O3/c14-7-4-13(5-7)6-9-11-10(16-12-9)8-2-1-3-15-8/h1-3,7,14H,4-6H2. The topological polar surface area (TPSA) is 75.5 Å². The van der Waals surface area contributed by atoms with Crippen molar-refractivity contribution in [2.45, 2.75) is 12.6 Å². The van der Waals surface area contributed by atoms with Crippen molar-refractivity contribution in [3.8, 4) is 11.7 Å². The van der Waals surface area contributed by atoms with Gasteiger partial charge >= 0.3 is 0 Å². The highest BCUT2D eigenvalue weighted by molar-refractivity contribution is 5.42. The smallest absolute Gasteiger partial charge is 0.293 e. The molecule has 1 saturated heterocycles. The average Bonchev–Trinajstić information content (AvgIpc) is 2.84. The molecule has 3 heterocycles. The minimum absolute atomic E-state index is 0.212. The highest BCUT2D eigenvalue weighted by Crippen LogP contribution is 2.18. The van der Waals surface area contributed by atoms with Gasteiger partial charge in [0.2, 0.25) is 0 Å². The number of aliphatic hydroxyl groups excluding tert-OH is 1. The lowest BCUT2D eigenvalue weighted by molar-refractivity contribution is -0.00461. The molecule has 6 nitrogen and oxygen atoms in total. The Hall–Kier alpha value is -1.66. The Morgan fingerprint density at radius 2 is 2.38 bits per heavy atom. The molecule has 0 spiro atoms. The summed E-state index contributed by atoms with van der Waals surface area (Å²) in [6.07, 6.45) is 1.35. The molecule has 2 aromatic heterocycles. The van der Waals surface area contributed by atoms with Crippen LogP contribution < -0.4 is 0 Å². The van der Waals surface area contributed by atoms with Gasteiger partial charge in [0.25, 0.3) is 5.89 Å². The Labute approximate surface area is 91.5 Å². The molecular weight excluding hydrogens is 210 g/mol. The molecule has 6 heteroatoms. The van der Waals surface area contributed by atoms with E-state index < -0.39 is 0 Å². The molecule has 16 heavy (non-hydrogen) atoms. The highest BCUT2D eigenvalue weighted by Gasteiger charge is 2.25. The largest absolute Gasteiger partial charge is 0.459 e. The predicted molar refractivity (Wildman–Crippen MR) is 53.3 cm³/mol. The van der Waals surface area contributed by atoms with Crippen molar-refractivity contribution in [3.05, 3.63) is 24.2 Å². The summed E-state index contributed by atoms with van der Waals surface area (Å²) in [4.78, 5) is 6.25. The van der Waals surface area contributed by atoms with Crippen LogP contribution in [-0.2, 0) is 6.54 Å². The lowest BCUT2D eigenvalue weighted by Crippen LogP contribution is -2.49. The van der Waals surface area contributed by atoms with Crippen LogP contribution in [0.2, 0.25) is 0 Å². The average molecular weight is 221 g/mol. The zero-order valence-electron chi connectivity index (χ0n) is 8.54. The van der Waals surface area contributed by atoms with Crippen molar-refractivity contribution in [3.63, 3.8) is 0 Å². The van der Waals surface area contributed by atoms with Crippen molar-refractivity contribution >= 4 is 0 Å².